The number of Topliss-reactive ketones (excluding diaryl/α,β-unsaturated/α-hetero) is 1. The van der Waals surface area contributed by atoms with Crippen molar-refractivity contribution in [1.82, 2.24) is 19.2 Å². The minimum absolute atomic E-state index is 0.0939. The van der Waals surface area contributed by atoms with Gasteiger partial charge in [0.05, 0.1) is 35.9 Å². The van der Waals surface area contributed by atoms with Crippen LogP contribution in [0.15, 0.2) is 6.07 Å². The lowest BCUT2D eigenvalue weighted by Gasteiger charge is -2.17. The van der Waals surface area contributed by atoms with Gasteiger partial charge in [-0.3, -0.25) is 14.4 Å². The maximum atomic E-state index is 13.2. The van der Waals surface area contributed by atoms with E-state index >= 15 is 0 Å². The van der Waals surface area contributed by atoms with Gasteiger partial charge in [0.25, 0.3) is 0 Å². The molecule has 2 saturated heterocycles. The number of carbonyl (C=O) groups is 1. The molecule has 0 N–H and O–H groups in total. The molecule has 2 aromatic heterocycles. The van der Waals surface area contributed by atoms with Gasteiger partial charge < -0.3 is 9.30 Å². The van der Waals surface area contributed by atoms with Crippen LogP contribution in [0, 0.1) is 27.7 Å². The fraction of sp³-hybridized carbons (Fsp3) is 0.667. The van der Waals surface area contributed by atoms with Crippen LogP contribution in [0.25, 0.3) is 0 Å². The summed E-state index contributed by atoms with van der Waals surface area (Å²) >= 11 is 0. The largest absolute Gasteiger partial charge is 0.376 e. The Bertz CT molecular complexity index is 1140. The standard InChI is InChI=1S/C24H36N4O4S/c1-16-11-22(18(3)27(16)12-21-7-6-9-32-21)24(29)14-26(5)13-23-17(2)25-28(19(23)4)20-8-10-33(30,31)15-20/h11,20-21H,6-10,12-15H2,1-5H3/t20-,21-/m1/s1. The molecule has 2 atom stereocenters. The first-order valence-corrected chi connectivity index (χ1v) is 13.6. The molecule has 0 aliphatic carbocycles. The fourth-order valence-corrected chi connectivity index (χ4v) is 6.95. The number of rotatable bonds is 8. The number of aryl methyl sites for hydroxylation is 2. The lowest BCUT2D eigenvalue weighted by Crippen LogP contribution is -2.26. The summed E-state index contributed by atoms with van der Waals surface area (Å²) in [4.78, 5) is 15.2. The van der Waals surface area contributed by atoms with E-state index in [4.69, 9.17) is 4.74 Å². The first-order valence-electron chi connectivity index (χ1n) is 11.8. The molecule has 33 heavy (non-hydrogen) atoms. The van der Waals surface area contributed by atoms with Crippen molar-refractivity contribution in [1.29, 1.82) is 0 Å². The Morgan fingerprint density at radius 3 is 2.61 bits per heavy atom. The Balaban J connectivity index is 1.43. The first-order chi connectivity index (χ1) is 15.6. The van der Waals surface area contributed by atoms with Gasteiger partial charge in [0.2, 0.25) is 0 Å². The Kier molecular flexibility index (Phi) is 6.85. The molecule has 0 unspecified atom stereocenters. The van der Waals surface area contributed by atoms with Crippen LogP contribution in [-0.4, -0.2) is 71.3 Å². The molecule has 2 fully saturated rings. The van der Waals surface area contributed by atoms with Gasteiger partial charge in [-0.2, -0.15) is 5.10 Å². The van der Waals surface area contributed by atoms with Crippen molar-refractivity contribution in [2.75, 3.05) is 31.7 Å². The van der Waals surface area contributed by atoms with E-state index in [0.29, 0.717) is 19.5 Å². The summed E-state index contributed by atoms with van der Waals surface area (Å²) < 4.78 is 33.7. The average molecular weight is 477 g/mol. The molecule has 0 radical (unpaired) electrons. The SMILES string of the molecule is Cc1nn([C@@H]2CCS(=O)(=O)C2)c(C)c1CN(C)CC(=O)c1cc(C)n(C[C@H]2CCCO2)c1C. The molecular formula is C24H36N4O4S. The monoisotopic (exact) mass is 476 g/mol. The Hall–Kier alpha value is -1.97. The molecule has 4 heterocycles. The molecule has 0 spiro atoms. The van der Waals surface area contributed by atoms with Crippen LogP contribution in [0.3, 0.4) is 0 Å². The number of hydrogen-bond donors (Lipinski definition) is 0. The Morgan fingerprint density at radius 1 is 1.21 bits per heavy atom. The van der Waals surface area contributed by atoms with Crippen molar-refractivity contribution in [3.05, 3.63) is 40.0 Å². The summed E-state index contributed by atoms with van der Waals surface area (Å²) in [7, 11) is -1.03. The third-order valence-corrected chi connectivity index (χ3v) is 8.91. The Morgan fingerprint density at radius 2 is 1.97 bits per heavy atom. The van der Waals surface area contributed by atoms with Gasteiger partial charge in [-0.15, -0.1) is 0 Å². The van der Waals surface area contributed by atoms with Gasteiger partial charge in [0.1, 0.15) is 0 Å². The molecule has 0 amide bonds. The van der Waals surface area contributed by atoms with Gasteiger partial charge in [-0.05, 0) is 60.1 Å². The summed E-state index contributed by atoms with van der Waals surface area (Å²) in [6.07, 6.45) is 3.02. The number of carbonyl (C=O) groups excluding carboxylic acids is 1. The quantitative estimate of drug-likeness (QED) is 0.545. The van der Waals surface area contributed by atoms with Gasteiger partial charge >= 0.3 is 0 Å². The van der Waals surface area contributed by atoms with Crippen LogP contribution < -0.4 is 0 Å². The van der Waals surface area contributed by atoms with E-state index in [1.807, 2.05) is 50.4 Å². The maximum absolute atomic E-state index is 13.2. The second-order valence-corrected chi connectivity index (χ2v) is 12.0. The number of sulfone groups is 1. The van der Waals surface area contributed by atoms with Crippen LogP contribution in [0.1, 0.15) is 64.0 Å². The van der Waals surface area contributed by atoms with E-state index in [-0.39, 0.29) is 29.4 Å². The van der Waals surface area contributed by atoms with E-state index in [1.54, 1.807) is 0 Å². The van der Waals surface area contributed by atoms with Crippen molar-refractivity contribution in [3.8, 4) is 0 Å². The van der Waals surface area contributed by atoms with Crippen LogP contribution in [-0.2, 0) is 27.7 Å². The van der Waals surface area contributed by atoms with Crippen LogP contribution in [0.5, 0.6) is 0 Å². The summed E-state index contributed by atoms with van der Waals surface area (Å²) in [6.45, 7) is 10.5. The van der Waals surface area contributed by atoms with E-state index in [9.17, 15) is 13.2 Å². The van der Waals surface area contributed by atoms with Gasteiger partial charge in [-0.1, -0.05) is 0 Å². The predicted octanol–water partition coefficient (Wildman–Crippen LogP) is 2.77. The van der Waals surface area contributed by atoms with Crippen molar-refractivity contribution in [2.45, 2.75) is 72.2 Å². The average Bonchev–Trinajstić information content (AvgIpc) is 3.50. The molecular weight excluding hydrogens is 440 g/mol. The number of ether oxygens (including phenoxy) is 1. The van der Waals surface area contributed by atoms with E-state index < -0.39 is 9.84 Å². The lowest BCUT2D eigenvalue weighted by atomic mass is 10.1. The normalized spacial score (nSPS) is 22.5. The highest BCUT2D eigenvalue weighted by Gasteiger charge is 2.31. The first kappa shape index (κ1) is 24.2. The molecule has 0 bridgehead atoms. The highest BCUT2D eigenvalue weighted by atomic mass is 32.2. The second-order valence-electron chi connectivity index (χ2n) is 9.78. The molecule has 2 aliphatic rings. The molecule has 9 heteroatoms. The highest BCUT2D eigenvalue weighted by Crippen LogP contribution is 2.27. The zero-order chi connectivity index (χ0) is 23.9. The number of hydrogen-bond acceptors (Lipinski definition) is 6. The topological polar surface area (TPSA) is 86.4 Å². The second kappa shape index (κ2) is 9.35. The van der Waals surface area contributed by atoms with Crippen LogP contribution >= 0.6 is 0 Å². The zero-order valence-corrected chi connectivity index (χ0v) is 21.2. The van der Waals surface area contributed by atoms with Crippen molar-refractivity contribution >= 4 is 15.6 Å². The maximum Gasteiger partial charge on any atom is 0.178 e. The third-order valence-electron chi connectivity index (χ3n) is 7.15. The van der Waals surface area contributed by atoms with Gasteiger partial charge in [0.15, 0.2) is 15.6 Å². The molecule has 8 nitrogen and oxygen atoms in total. The smallest absolute Gasteiger partial charge is 0.178 e. The zero-order valence-electron chi connectivity index (χ0n) is 20.4. The number of nitrogens with zero attached hydrogens (tertiary/aromatic N) is 4. The summed E-state index contributed by atoms with van der Waals surface area (Å²) in [6, 6.07) is 1.90. The lowest BCUT2D eigenvalue weighted by molar-refractivity contribution is 0.0931. The minimum atomic E-state index is -2.97. The van der Waals surface area contributed by atoms with Crippen molar-refractivity contribution in [2.24, 2.45) is 0 Å². The molecule has 182 valence electrons. The van der Waals surface area contributed by atoms with Crippen molar-refractivity contribution in [3.63, 3.8) is 0 Å². The third kappa shape index (κ3) is 5.10. The molecule has 0 aromatic carbocycles. The number of aromatic nitrogens is 3. The van der Waals surface area contributed by atoms with Crippen LogP contribution in [0.4, 0.5) is 0 Å². The van der Waals surface area contributed by atoms with E-state index in [1.165, 1.54) is 0 Å². The summed E-state index contributed by atoms with van der Waals surface area (Å²) in [5.74, 6) is 0.490. The number of ketones is 1. The molecule has 2 aliphatic heterocycles. The summed E-state index contributed by atoms with van der Waals surface area (Å²) in [5, 5.41) is 4.65. The van der Waals surface area contributed by atoms with E-state index in [2.05, 4.69) is 9.67 Å². The van der Waals surface area contributed by atoms with E-state index in [0.717, 1.165) is 59.9 Å². The van der Waals surface area contributed by atoms with Gasteiger partial charge in [0, 0.05) is 47.9 Å². The molecule has 2 aromatic rings. The summed E-state index contributed by atoms with van der Waals surface area (Å²) in [5.41, 5.74) is 5.82. The fourth-order valence-electron chi connectivity index (χ4n) is 5.26. The highest BCUT2D eigenvalue weighted by molar-refractivity contribution is 7.91. The number of likely N-dealkylation sites (N-methyl/N-ethyl adjacent to an activating group) is 1. The van der Waals surface area contributed by atoms with Crippen molar-refractivity contribution < 1.29 is 17.9 Å². The molecule has 4 rings (SSSR count). The Labute approximate surface area is 196 Å². The van der Waals surface area contributed by atoms with Gasteiger partial charge in [-0.25, -0.2) is 8.42 Å². The van der Waals surface area contributed by atoms with Crippen LogP contribution in [0.2, 0.25) is 0 Å². The minimum Gasteiger partial charge on any atom is -0.376 e. The molecule has 0 saturated carbocycles. The predicted molar refractivity (Wildman–Crippen MR) is 128 cm³/mol.